The number of methoxy groups -OCH3 is 1. The maximum Gasteiger partial charge on any atom is 0.264 e. The first-order valence-electron chi connectivity index (χ1n) is 13.9. The molecule has 0 radical (unpaired) electrons. The van der Waals surface area contributed by atoms with E-state index in [2.05, 4.69) is 5.32 Å². The van der Waals surface area contributed by atoms with Crippen LogP contribution in [0.25, 0.3) is 0 Å². The summed E-state index contributed by atoms with van der Waals surface area (Å²) in [5.41, 5.74) is 0.890. The van der Waals surface area contributed by atoms with E-state index in [1.807, 2.05) is 0 Å². The molecule has 42 heavy (non-hydrogen) atoms. The number of nitrogens with zero attached hydrogens (tertiary/aromatic N) is 2. The Kier molecular flexibility index (Phi) is 10.8. The lowest BCUT2D eigenvalue weighted by Crippen LogP contribution is -2.53. The fraction of sp³-hybridized carbons (Fsp3) is 0.355. The summed E-state index contributed by atoms with van der Waals surface area (Å²) < 4.78 is 34.1. The molecule has 0 aliphatic heterocycles. The number of nitrogens with one attached hydrogen (secondary N) is 1. The van der Waals surface area contributed by atoms with Gasteiger partial charge < -0.3 is 15.0 Å². The van der Waals surface area contributed by atoms with E-state index < -0.39 is 28.5 Å². The van der Waals surface area contributed by atoms with Gasteiger partial charge in [-0.05, 0) is 79.9 Å². The Hall–Kier alpha value is -3.27. The van der Waals surface area contributed by atoms with Crippen molar-refractivity contribution in [2.45, 2.75) is 62.6 Å². The van der Waals surface area contributed by atoms with Gasteiger partial charge in [0.1, 0.15) is 18.3 Å². The smallest absolute Gasteiger partial charge is 0.264 e. The van der Waals surface area contributed by atoms with Crippen LogP contribution in [0.4, 0.5) is 5.69 Å². The minimum Gasteiger partial charge on any atom is -0.497 e. The van der Waals surface area contributed by atoms with Gasteiger partial charge in [0, 0.05) is 22.6 Å². The number of rotatable bonds is 11. The molecule has 2 amide bonds. The van der Waals surface area contributed by atoms with E-state index in [9.17, 15) is 18.0 Å². The zero-order valence-electron chi connectivity index (χ0n) is 23.6. The molecule has 224 valence electrons. The van der Waals surface area contributed by atoms with Crippen LogP contribution < -0.4 is 14.4 Å². The van der Waals surface area contributed by atoms with E-state index >= 15 is 0 Å². The van der Waals surface area contributed by atoms with Crippen LogP contribution in [-0.4, -0.2) is 50.9 Å². The fourth-order valence-electron chi connectivity index (χ4n) is 4.97. The van der Waals surface area contributed by atoms with E-state index in [1.165, 1.54) is 48.4 Å². The maximum absolute atomic E-state index is 14.1. The van der Waals surface area contributed by atoms with Crippen molar-refractivity contribution >= 4 is 50.7 Å². The van der Waals surface area contributed by atoms with Crippen LogP contribution in [0, 0.1) is 0 Å². The molecule has 1 aliphatic carbocycles. The quantitative estimate of drug-likeness (QED) is 0.277. The molecule has 1 atom stereocenters. The largest absolute Gasteiger partial charge is 0.497 e. The summed E-state index contributed by atoms with van der Waals surface area (Å²) in [7, 11) is -2.72. The monoisotopic (exact) mass is 631 g/mol. The highest BCUT2D eigenvalue weighted by molar-refractivity contribution is 7.92. The summed E-state index contributed by atoms with van der Waals surface area (Å²) in [6.07, 6.45) is 5.01. The molecule has 1 aliphatic rings. The lowest BCUT2D eigenvalue weighted by Gasteiger charge is -2.33. The highest BCUT2D eigenvalue weighted by Crippen LogP contribution is 2.28. The van der Waals surface area contributed by atoms with Gasteiger partial charge in [-0.1, -0.05) is 60.7 Å². The second kappa shape index (κ2) is 14.3. The van der Waals surface area contributed by atoms with Crippen molar-refractivity contribution in [1.82, 2.24) is 10.2 Å². The lowest BCUT2D eigenvalue weighted by atomic mass is 9.95. The van der Waals surface area contributed by atoms with Gasteiger partial charge in [-0.25, -0.2) is 8.42 Å². The average molecular weight is 633 g/mol. The number of carbonyl (C=O) groups excluding carboxylic acids is 2. The predicted molar refractivity (Wildman–Crippen MR) is 165 cm³/mol. The van der Waals surface area contributed by atoms with Crippen LogP contribution in [0.2, 0.25) is 10.0 Å². The molecule has 1 N–H and O–H groups in total. The van der Waals surface area contributed by atoms with Gasteiger partial charge in [0.05, 0.1) is 17.7 Å². The number of halogens is 2. The second-order valence-electron chi connectivity index (χ2n) is 10.3. The van der Waals surface area contributed by atoms with Crippen molar-refractivity contribution in [2.75, 3.05) is 18.0 Å². The van der Waals surface area contributed by atoms with Crippen LogP contribution in [-0.2, 0) is 26.2 Å². The van der Waals surface area contributed by atoms with Crippen LogP contribution in [0.1, 0.15) is 44.6 Å². The Morgan fingerprint density at radius 1 is 0.952 bits per heavy atom. The number of sulfonamides is 1. The molecular formula is C31H35Cl2N3O5S. The van der Waals surface area contributed by atoms with Gasteiger partial charge >= 0.3 is 0 Å². The number of anilines is 1. The number of carbonyl (C=O) groups is 2. The van der Waals surface area contributed by atoms with Crippen molar-refractivity contribution < 1.29 is 22.7 Å². The molecule has 1 saturated carbocycles. The number of benzene rings is 3. The third kappa shape index (κ3) is 7.76. The topological polar surface area (TPSA) is 96.0 Å². The third-order valence-corrected chi connectivity index (χ3v) is 9.87. The molecule has 0 spiro atoms. The Morgan fingerprint density at radius 2 is 1.60 bits per heavy atom. The first-order chi connectivity index (χ1) is 20.1. The molecule has 0 bridgehead atoms. The molecule has 3 aromatic rings. The standard InChI is InChI=1S/C31H35Cl2N3O5S/c1-22(31(38)34-25-9-4-3-5-10-25)35(20-23-8-6-7-11-29(23)33)30(37)21-36(26-14-12-24(32)13-15-26)42(39,40)28-18-16-27(41-2)17-19-28/h6-8,11-19,22,25H,3-5,9-10,20-21H2,1-2H3,(H,34,38)/t22-/m1/s1. The first-order valence-corrected chi connectivity index (χ1v) is 16.1. The van der Waals surface area contributed by atoms with E-state index in [0.717, 1.165) is 36.4 Å². The lowest BCUT2D eigenvalue weighted by molar-refractivity contribution is -0.139. The van der Waals surface area contributed by atoms with Gasteiger partial charge in [0.25, 0.3) is 10.0 Å². The van der Waals surface area contributed by atoms with Gasteiger partial charge in [0.2, 0.25) is 11.8 Å². The zero-order valence-corrected chi connectivity index (χ0v) is 26.0. The Labute approximate surface area is 257 Å². The van der Waals surface area contributed by atoms with Crippen molar-refractivity contribution in [2.24, 2.45) is 0 Å². The zero-order chi connectivity index (χ0) is 30.3. The third-order valence-electron chi connectivity index (χ3n) is 7.46. The highest BCUT2D eigenvalue weighted by atomic mass is 35.5. The normalized spacial score (nSPS) is 14.6. The molecule has 0 unspecified atom stereocenters. The summed E-state index contributed by atoms with van der Waals surface area (Å²) in [6.45, 7) is 1.12. The summed E-state index contributed by atoms with van der Waals surface area (Å²) in [4.78, 5) is 28.8. The van der Waals surface area contributed by atoms with Crippen LogP contribution in [0.5, 0.6) is 5.75 Å². The minimum absolute atomic E-state index is 0.0215. The second-order valence-corrected chi connectivity index (χ2v) is 13.0. The Bertz CT molecular complexity index is 1480. The number of hydrogen-bond donors (Lipinski definition) is 1. The van der Waals surface area contributed by atoms with Crippen molar-refractivity contribution in [3.05, 3.63) is 88.4 Å². The summed E-state index contributed by atoms with van der Waals surface area (Å²) >= 11 is 12.5. The molecule has 3 aromatic carbocycles. The van der Waals surface area contributed by atoms with Gasteiger partial charge in [-0.15, -0.1) is 0 Å². The van der Waals surface area contributed by atoms with Crippen LogP contribution in [0.15, 0.2) is 77.7 Å². The Morgan fingerprint density at radius 3 is 2.21 bits per heavy atom. The predicted octanol–water partition coefficient (Wildman–Crippen LogP) is 6.06. The van der Waals surface area contributed by atoms with E-state index in [-0.39, 0.29) is 29.1 Å². The number of amides is 2. The van der Waals surface area contributed by atoms with Gasteiger partial charge in [-0.2, -0.15) is 0 Å². The Balaban J connectivity index is 1.68. The van der Waals surface area contributed by atoms with Gasteiger partial charge in [-0.3, -0.25) is 13.9 Å². The molecule has 11 heteroatoms. The minimum atomic E-state index is -4.21. The van der Waals surface area contributed by atoms with E-state index in [4.69, 9.17) is 27.9 Å². The molecule has 0 aromatic heterocycles. The highest BCUT2D eigenvalue weighted by Gasteiger charge is 2.33. The average Bonchev–Trinajstić information content (AvgIpc) is 3.00. The fourth-order valence-corrected chi connectivity index (χ4v) is 6.71. The molecule has 8 nitrogen and oxygen atoms in total. The molecular weight excluding hydrogens is 597 g/mol. The van der Waals surface area contributed by atoms with Crippen LogP contribution in [0.3, 0.4) is 0 Å². The molecule has 4 rings (SSSR count). The summed E-state index contributed by atoms with van der Waals surface area (Å²) in [5, 5.41) is 3.95. The van der Waals surface area contributed by atoms with Crippen molar-refractivity contribution in [1.29, 1.82) is 0 Å². The first kappa shape index (κ1) is 31.7. The number of ether oxygens (including phenoxy) is 1. The SMILES string of the molecule is COc1ccc(S(=O)(=O)N(CC(=O)N(Cc2ccccc2Cl)[C@H](C)C(=O)NC2CCCCC2)c2ccc(Cl)cc2)cc1. The maximum atomic E-state index is 14.1. The number of hydrogen-bond acceptors (Lipinski definition) is 5. The van der Waals surface area contributed by atoms with E-state index in [0.29, 0.717) is 21.4 Å². The molecule has 0 saturated heterocycles. The summed E-state index contributed by atoms with van der Waals surface area (Å²) in [6, 6.07) is 18.3. The van der Waals surface area contributed by atoms with Crippen LogP contribution >= 0.6 is 23.2 Å². The summed E-state index contributed by atoms with van der Waals surface area (Å²) in [5.74, 6) is -0.363. The van der Waals surface area contributed by atoms with Crippen molar-refractivity contribution in [3.63, 3.8) is 0 Å². The van der Waals surface area contributed by atoms with Gasteiger partial charge in [0.15, 0.2) is 0 Å². The molecule has 0 heterocycles. The van der Waals surface area contributed by atoms with Crippen molar-refractivity contribution in [3.8, 4) is 5.75 Å². The molecule has 1 fully saturated rings. The van der Waals surface area contributed by atoms with E-state index in [1.54, 1.807) is 43.3 Å².